The van der Waals surface area contributed by atoms with Crippen LogP contribution < -0.4 is 0 Å². The van der Waals surface area contributed by atoms with Gasteiger partial charge in [0, 0.05) is 19.6 Å². The van der Waals surface area contributed by atoms with E-state index in [1.165, 1.54) is 12.8 Å². The molecule has 1 aliphatic heterocycles. The van der Waals surface area contributed by atoms with Gasteiger partial charge in [-0.05, 0) is 32.2 Å². The number of nitrogens with zero attached hydrogens (tertiary/aromatic N) is 3. The van der Waals surface area contributed by atoms with Crippen molar-refractivity contribution in [2.45, 2.75) is 58.6 Å². The Morgan fingerprint density at radius 1 is 1.32 bits per heavy atom. The third-order valence-electron chi connectivity index (χ3n) is 3.37. The van der Waals surface area contributed by atoms with Crippen LogP contribution in [0.3, 0.4) is 0 Å². The average molecular weight is 267 g/mol. The van der Waals surface area contributed by atoms with E-state index < -0.39 is 0 Å². The molecular formula is C14H25N3O2. The summed E-state index contributed by atoms with van der Waals surface area (Å²) >= 11 is 0. The number of ether oxygens (including phenoxy) is 1. The quantitative estimate of drug-likeness (QED) is 0.724. The van der Waals surface area contributed by atoms with Gasteiger partial charge in [-0.2, -0.15) is 4.98 Å². The number of hydrogen-bond donors (Lipinski definition) is 0. The molecule has 0 saturated carbocycles. The summed E-state index contributed by atoms with van der Waals surface area (Å²) in [4.78, 5) is 6.80. The van der Waals surface area contributed by atoms with Crippen LogP contribution in [0, 0.1) is 0 Å². The van der Waals surface area contributed by atoms with Crippen LogP contribution >= 0.6 is 0 Å². The van der Waals surface area contributed by atoms with E-state index in [0.29, 0.717) is 6.10 Å². The lowest BCUT2D eigenvalue weighted by Gasteiger charge is -2.22. The summed E-state index contributed by atoms with van der Waals surface area (Å²) in [5.41, 5.74) is 0. The summed E-state index contributed by atoms with van der Waals surface area (Å²) in [5.74, 6) is 1.56. The van der Waals surface area contributed by atoms with Crippen LogP contribution in [-0.4, -0.2) is 40.8 Å². The van der Waals surface area contributed by atoms with Crippen LogP contribution in [0.15, 0.2) is 4.52 Å². The highest BCUT2D eigenvalue weighted by atomic mass is 16.5. The van der Waals surface area contributed by atoms with E-state index in [9.17, 15) is 0 Å². The number of rotatable bonds is 8. The topological polar surface area (TPSA) is 51.4 Å². The second-order valence-corrected chi connectivity index (χ2v) is 5.22. The Morgan fingerprint density at radius 3 is 2.89 bits per heavy atom. The Kier molecular flexibility index (Phi) is 5.79. The molecule has 0 spiro atoms. The average Bonchev–Trinajstić information content (AvgIpc) is 3.02. The summed E-state index contributed by atoms with van der Waals surface area (Å²) in [6, 6.07) is 0. The van der Waals surface area contributed by atoms with Gasteiger partial charge in [-0.15, -0.1) is 0 Å². The third-order valence-corrected chi connectivity index (χ3v) is 3.37. The van der Waals surface area contributed by atoms with E-state index in [2.05, 4.69) is 28.9 Å². The molecule has 1 aromatic rings. The molecule has 0 aromatic carbocycles. The van der Waals surface area contributed by atoms with Crippen molar-refractivity contribution in [3.8, 4) is 0 Å². The van der Waals surface area contributed by atoms with Crippen molar-refractivity contribution in [1.82, 2.24) is 15.0 Å². The molecule has 19 heavy (non-hydrogen) atoms. The van der Waals surface area contributed by atoms with Gasteiger partial charge in [0.15, 0.2) is 5.82 Å². The summed E-state index contributed by atoms with van der Waals surface area (Å²) in [5, 5.41) is 4.01. The van der Waals surface area contributed by atoms with Crippen LogP contribution in [0.1, 0.15) is 51.2 Å². The van der Waals surface area contributed by atoms with E-state index in [-0.39, 0.29) is 0 Å². The van der Waals surface area contributed by atoms with Gasteiger partial charge in [0.05, 0.1) is 12.6 Å². The molecule has 1 saturated heterocycles. The molecule has 5 nitrogen and oxygen atoms in total. The first kappa shape index (κ1) is 14.5. The molecule has 0 amide bonds. The molecule has 2 heterocycles. The van der Waals surface area contributed by atoms with Crippen LogP contribution in [0.4, 0.5) is 0 Å². The first-order chi connectivity index (χ1) is 9.31. The fourth-order valence-electron chi connectivity index (χ4n) is 2.50. The Labute approximate surface area is 115 Å². The van der Waals surface area contributed by atoms with Gasteiger partial charge in [0.25, 0.3) is 0 Å². The summed E-state index contributed by atoms with van der Waals surface area (Å²) in [6.45, 7) is 7.98. The molecule has 1 aliphatic rings. The van der Waals surface area contributed by atoms with Gasteiger partial charge in [0.1, 0.15) is 0 Å². The Bertz CT molecular complexity index is 361. The monoisotopic (exact) mass is 267 g/mol. The molecule has 1 fully saturated rings. The second-order valence-electron chi connectivity index (χ2n) is 5.22. The van der Waals surface area contributed by atoms with Gasteiger partial charge in [-0.25, -0.2) is 0 Å². The van der Waals surface area contributed by atoms with Crippen LogP contribution in [0.5, 0.6) is 0 Å². The lowest BCUT2D eigenvalue weighted by Crippen LogP contribution is -2.32. The lowest BCUT2D eigenvalue weighted by atomic mass is 10.2. The largest absolute Gasteiger partial charge is 0.377 e. The molecule has 0 aliphatic carbocycles. The summed E-state index contributed by atoms with van der Waals surface area (Å²) < 4.78 is 11.0. The van der Waals surface area contributed by atoms with E-state index in [4.69, 9.17) is 9.26 Å². The standard InChI is InChI=1S/C14H25N3O2/c1-3-6-13-15-14(19-16-13)11-17(8-4-2)10-12-7-5-9-18-12/h12H,3-11H2,1-2H3. The molecule has 0 radical (unpaired) electrons. The number of aryl methyl sites for hydroxylation is 1. The van der Waals surface area contributed by atoms with Crippen LogP contribution in [0.25, 0.3) is 0 Å². The summed E-state index contributed by atoms with van der Waals surface area (Å²) in [6.07, 6.45) is 5.81. The van der Waals surface area contributed by atoms with E-state index >= 15 is 0 Å². The Morgan fingerprint density at radius 2 is 2.21 bits per heavy atom. The van der Waals surface area contributed by atoms with Gasteiger partial charge in [0.2, 0.25) is 5.89 Å². The van der Waals surface area contributed by atoms with Crippen LogP contribution in [0.2, 0.25) is 0 Å². The third kappa shape index (κ3) is 4.58. The highest BCUT2D eigenvalue weighted by Crippen LogP contribution is 2.15. The fraction of sp³-hybridized carbons (Fsp3) is 0.857. The van der Waals surface area contributed by atoms with Crippen molar-refractivity contribution in [1.29, 1.82) is 0 Å². The van der Waals surface area contributed by atoms with Crippen molar-refractivity contribution in [2.24, 2.45) is 0 Å². The highest BCUT2D eigenvalue weighted by molar-refractivity contribution is 4.87. The van der Waals surface area contributed by atoms with E-state index in [1.807, 2.05) is 0 Å². The minimum Gasteiger partial charge on any atom is -0.377 e. The molecule has 1 atom stereocenters. The van der Waals surface area contributed by atoms with E-state index in [1.54, 1.807) is 0 Å². The minimum absolute atomic E-state index is 0.379. The molecule has 1 unspecified atom stereocenters. The minimum atomic E-state index is 0.379. The zero-order valence-electron chi connectivity index (χ0n) is 12.1. The van der Waals surface area contributed by atoms with Crippen molar-refractivity contribution in [3.63, 3.8) is 0 Å². The first-order valence-electron chi connectivity index (χ1n) is 7.47. The predicted molar refractivity (Wildman–Crippen MR) is 72.8 cm³/mol. The number of aromatic nitrogens is 2. The van der Waals surface area contributed by atoms with Crippen molar-refractivity contribution in [3.05, 3.63) is 11.7 Å². The molecule has 0 N–H and O–H groups in total. The maximum absolute atomic E-state index is 5.70. The molecule has 0 bridgehead atoms. The van der Waals surface area contributed by atoms with Gasteiger partial charge < -0.3 is 9.26 Å². The van der Waals surface area contributed by atoms with Crippen molar-refractivity contribution in [2.75, 3.05) is 19.7 Å². The van der Waals surface area contributed by atoms with Gasteiger partial charge in [-0.3, -0.25) is 4.90 Å². The molecule has 5 heteroatoms. The second kappa shape index (κ2) is 7.60. The fourth-order valence-corrected chi connectivity index (χ4v) is 2.50. The van der Waals surface area contributed by atoms with Gasteiger partial charge in [-0.1, -0.05) is 19.0 Å². The smallest absolute Gasteiger partial charge is 0.240 e. The SMILES string of the molecule is CCCc1noc(CN(CCC)CC2CCCO2)n1. The molecule has 108 valence electrons. The predicted octanol–water partition coefficient (Wildman–Crippen LogP) is 2.41. The Balaban J connectivity index is 1.86. The van der Waals surface area contributed by atoms with Crippen LogP contribution in [-0.2, 0) is 17.7 Å². The van der Waals surface area contributed by atoms with Crippen molar-refractivity contribution >= 4 is 0 Å². The molecule has 1 aromatic heterocycles. The maximum atomic E-state index is 5.70. The molecule has 2 rings (SSSR count). The zero-order chi connectivity index (χ0) is 13.5. The normalized spacial score (nSPS) is 19.4. The zero-order valence-corrected chi connectivity index (χ0v) is 12.1. The summed E-state index contributed by atoms with van der Waals surface area (Å²) in [7, 11) is 0. The molecular weight excluding hydrogens is 242 g/mol. The van der Waals surface area contributed by atoms with E-state index in [0.717, 1.165) is 57.2 Å². The Hall–Kier alpha value is -0.940. The maximum Gasteiger partial charge on any atom is 0.240 e. The number of hydrogen-bond acceptors (Lipinski definition) is 5. The van der Waals surface area contributed by atoms with Crippen molar-refractivity contribution < 1.29 is 9.26 Å². The highest BCUT2D eigenvalue weighted by Gasteiger charge is 2.20. The lowest BCUT2D eigenvalue weighted by molar-refractivity contribution is 0.0669. The van der Waals surface area contributed by atoms with Gasteiger partial charge >= 0.3 is 0 Å². The first-order valence-corrected chi connectivity index (χ1v) is 7.47.